The predicted molar refractivity (Wildman–Crippen MR) is 69.4 cm³/mol. The molecule has 1 aliphatic rings. The fourth-order valence-electron chi connectivity index (χ4n) is 1.95. The molecule has 1 aromatic rings. The molecule has 20 heavy (non-hydrogen) atoms. The molecule has 4 amide bonds. The predicted octanol–water partition coefficient (Wildman–Crippen LogP) is -0.300. The first-order valence-electron chi connectivity index (χ1n) is 6.37. The van der Waals surface area contributed by atoms with Crippen molar-refractivity contribution in [3.8, 4) is 0 Å². The van der Waals surface area contributed by atoms with E-state index in [2.05, 4.69) is 15.5 Å². The lowest BCUT2D eigenvalue weighted by molar-refractivity contribution is -0.126. The number of rotatable bonds is 6. The Labute approximate surface area is 116 Å². The fraction of sp³-hybridized carbons (Fsp3) is 0.500. The van der Waals surface area contributed by atoms with Crippen LogP contribution in [0, 0.1) is 0 Å². The van der Waals surface area contributed by atoms with Crippen molar-refractivity contribution < 1.29 is 14.4 Å². The molecule has 0 spiro atoms. The smallest absolute Gasteiger partial charge is 0.326 e. The molecule has 0 aliphatic carbocycles. The molecule has 0 aromatic carbocycles. The minimum Gasteiger partial charge on any atom is -0.352 e. The van der Waals surface area contributed by atoms with Crippen molar-refractivity contribution >= 4 is 17.8 Å². The Hall–Kier alpha value is -2.38. The lowest BCUT2D eigenvalue weighted by atomic mass is 10.2. The summed E-state index contributed by atoms with van der Waals surface area (Å²) in [5.74, 6) is -0.324. The molecule has 1 aliphatic heterocycles. The highest BCUT2D eigenvalue weighted by Crippen LogP contribution is 2.09. The van der Waals surface area contributed by atoms with Crippen LogP contribution in [0.2, 0.25) is 0 Å². The van der Waals surface area contributed by atoms with Gasteiger partial charge in [0, 0.05) is 38.3 Å². The topological polar surface area (TPSA) is 98.4 Å². The normalized spacial score (nSPS) is 15.1. The number of amides is 4. The lowest BCUT2D eigenvalue weighted by Crippen LogP contribution is -2.33. The van der Waals surface area contributed by atoms with E-state index in [-0.39, 0.29) is 37.4 Å². The lowest BCUT2D eigenvalue weighted by Gasteiger charge is -2.13. The number of carbonyl (C=O) groups excluding carboxylic acids is 3. The van der Waals surface area contributed by atoms with Crippen LogP contribution in [0.5, 0.6) is 0 Å². The zero-order chi connectivity index (χ0) is 14.5. The van der Waals surface area contributed by atoms with Crippen molar-refractivity contribution in [2.45, 2.75) is 19.4 Å². The number of aromatic amines is 1. The minimum atomic E-state index is -0.297. The molecule has 1 fully saturated rings. The van der Waals surface area contributed by atoms with Gasteiger partial charge in [0.15, 0.2) is 0 Å². The number of imide groups is 1. The molecule has 8 heteroatoms. The number of aromatic nitrogens is 2. The van der Waals surface area contributed by atoms with Crippen LogP contribution < -0.4 is 5.32 Å². The average molecular weight is 279 g/mol. The van der Waals surface area contributed by atoms with Crippen molar-refractivity contribution in [1.82, 2.24) is 25.3 Å². The summed E-state index contributed by atoms with van der Waals surface area (Å²) in [5, 5.41) is 9.18. The number of nitrogens with one attached hydrogen (secondary N) is 2. The van der Waals surface area contributed by atoms with Crippen LogP contribution in [0.4, 0.5) is 4.79 Å². The zero-order valence-electron chi connectivity index (χ0n) is 11.3. The van der Waals surface area contributed by atoms with Gasteiger partial charge in [0.1, 0.15) is 6.54 Å². The maximum absolute atomic E-state index is 11.6. The van der Waals surface area contributed by atoms with Gasteiger partial charge in [0.2, 0.25) is 11.8 Å². The third kappa shape index (κ3) is 3.34. The highest BCUT2D eigenvalue weighted by atomic mass is 16.2. The van der Waals surface area contributed by atoms with Crippen LogP contribution in [0.15, 0.2) is 12.4 Å². The van der Waals surface area contributed by atoms with Gasteiger partial charge >= 0.3 is 6.03 Å². The summed E-state index contributed by atoms with van der Waals surface area (Å²) in [6.07, 6.45) is 4.08. The van der Waals surface area contributed by atoms with E-state index in [4.69, 9.17) is 0 Å². The SMILES string of the molecule is CN1CC(=O)N(CCCC(=O)NCc2cn[nH]c2)C1=O. The molecule has 108 valence electrons. The summed E-state index contributed by atoms with van der Waals surface area (Å²) in [6.45, 7) is 0.812. The van der Waals surface area contributed by atoms with Crippen LogP contribution in [0.3, 0.4) is 0 Å². The molecule has 8 nitrogen and oxygen atoms in total. The Bertz CT molecular complexity index is 499. The summed E-state index contributed by atoms with van der Waals surface area (Å²) in [6, 6.07) is -0.297. The van der Waals surface area contributed by atoms with Crippen LogP contribution in [0.25, 0.3) is 0 Å². The summed E-state index contributed by atoms with van der Waals surface area (Å²) in [7, 11) is 1.58. The van der Waals surface area contributed by atoms with Crippen LogP contribution in [0.1, 0.15) is 18.4 Å². The summed E-state index contributed by atoms with van der Waals surface area (Å²) >= 11 is 0. The van der Waals surface area contributed by atoms with Crippen molar-refractivity contribution in [1.29, 1.82) is 0 Å². The second-order valence-electron chi connectivity index (χ2n) is 4.67. The van der Waals surface area contributed by atoms with Crippen LogP contribution >= 0.6 is 0 Å². The zero-order valence-corrected chi connectivity index (χ0v) is 11.3. The number of urea groups is 1. The summed E-state index contributed by atoms with van der Waals surface area (Å²) in [4.78, 5) is 37.2. The van der Waals surface area contributed by atoms with Gasteiger partial charge < -0.3 is 10.2 Å². The van der Waals surface area contributed by atoms with Crippen molar-refractivity contribution in [3.63, 3.8) is 0 Å². The highest BCUT2D eigenvalue weighted by molar-refractivity contribution is 6.01. The quantitative estimate of drug-likeness (QED) is 0.698. The molecule has 1 aromatic heterocycles. The second-order valence-corrected chi connectivity index (χ2v) is 4.67. The van der Waals surface area contributed by atoms with Crippen molar-refractivity contribution in [3.05, 3.63) is 18.0 Å². The molecular formula is C12H17N5O3. The number of likely N-dealkylation sites (N-methyl/N-ethyl adjacent to an activating group) is 1. The maximum Gasteiger partial charge on any atom is 0.326 e. The Morgan fingerprint density at radius 3 is 2.90 bits per heavy atom. The largest absolute Gasteiger partial charge is 0.352 e. The van der Waals surface area contributed by atoms with E-state index in [1.807, 2.05) is 0 Å². The number of nitrogens with zero attached hydrogens (tertiary/aromatic N) is 3. The van der Waals surface area contributed by atoms with Gasteiger partial charge in [0.05, 0.1) is 6.20 Å². The second kappa shape index (κ2) is 6.18. The van der Waals surface area contributed by atoms with Gasteiger partial charge in [-0.05, 0) is 6.42 Å². The van der Waals surface area contributed by atoms with E-state index in [1.54, 1.807) is 19.4 Å². The highest BCUT2D eigenvalue weighted by Gasteiger charge is 2.32. The number of hydrogen-bond donors (Lipinski definition) is 2. The number of hydrogen-bond acceptors (Lipinski definition) is 4. The van der Waals surface area contributed by atoms with Crippen molar-refractivity contribution in [2.24, 2.45) is 0 Å². The Kier molecular flexibility index (Phi) is 4.34. The molecule has 0 saturated carbocycles. The Morgan fingerprint density at radius 1 is 1.50 bits per heavy atom. The van der Waals surface area contributed by atoms with Crippen molar-refractivity contribution in [2.75, 3.05) is 20.1 Å². The summed E-state index contributed by atoms with van der Waals surface area (Å²) in [5.41, 5.74) is 0.893. The Balaban J connectivity index is 1.66. The molecule has 0 radical (unpaired) electrons. The Morgan fingerprint density at radius 2 is 2.30 bits per heavy atom. The van der Waals surface area contributed by atoms with Gasteiger partial charge in [-0.15, -0.1) is 0 Å². The first kappa shape index (κ1) is 14.0. The molecule has 0 atom stereocenters. The standard InChI is InChI=1S/C12H17N5O3/c1-16-8-11(19)17(12(16)20)4-2-3-10(18)13-5-9-6-14-15-7-9/h6-7H,2-5,8H2,1H3,(H,13,18)(H,14,15). The van der Waals surface area contributed by atoms with E-state index in [1.165, 1.54) is 9.80 Å². The number of carbonyl (C=O) groups is 3. The third-order valence-electron chi connectivity index (χ3n) is 3.06. The molecular weight excluding hydrogens is 262 g/mol. The first-order chi connectivity index (χ1) is 9.58. The molecule has 1 saturated heterocycles. The molecule has 2 rings (SSSR count). The molecule has 2 N–H and O–H groups in total. The van der Waals surface area contributed by atoms with E-state index in [0.29, 0.717) is 13.0 Å². The van der Waals surface area contributed by atoms with Crippen LogP contribution in [-0.2, 0) is 16.1 Å². The minimum absolute atomic E-state index is 0.112. The average Bonchev–Trinajstić information content (AvgIpc) is 3.00. The van der Waals surface area contributed by atoms with E-state index >= 15 is 0 Å². The molecule has 0 unspecified atom stereocenters. The summed E-state index contributed by atoms with van der Waals surface area (Å²) < 4.78 is 0. The van der Waals surface area contributed by atoms with E-state index in [9.17, 15) is 14.4 Å². The van der Waals surface area contributed by atoms with E-state index < -0.39 is 0 Å². The fourth-order valence-corrected chi connectivity index (χ4v) is 1.95. The number of H-pyrrole nitrogens is 1. The van der Waals surface area contributed by atoms with Gasteiger partial charge in [-0.25, -0.2) is 4.79 Å². The van der Waals surface area contributed by atoms with Gasteiger partial charge in [-0.1, -0.05) is 0 Å². The van der Waals surface area contributed by atoms with Gasteiger partial charge in [0.25, 0.3) is 0 Å². The third-order valence-corrected chi connectivity index (χ3v) is 3.06. The van der Waals surface area contributed by atoms with Gasteiger partial charge in [-0.2, -0.15) is 5.10 Å². The van der Waals surface area contributed by atoms with Gasteiger partial charge in [-0.3, -0.25) is 19.6 Å². The van der Waals surface area contributed by atoms with Crippen LogP contribution in [-0.4, -0.2) is 58.0 Å². The monoisotopic (exact) mass is 279 g/mol. The maximum atomic E-state index is 11.6. The first-order valence-corrected chi connectivity index (χ1v) is 6.37. The van der Waals surface area contributed by atoms with E-state index in [0.717, 1.165) is 5.56 Å². The molecule has 2 heterocycles. The molecule has 0 bridgehead atoms.